The quantitative estimate of drug-likeness (QED) is 0.848. The van der Waals surface area contributed by atoms with E-state index in [4.69, 9.17) is 4.74 Å². The fraction of sp³-hybridized carbons (Fsp3) is 0.357. The Hall–Kier alpha value is -1.55. The number of ether oxygens (including phenoxy) is 1. The molecule has 1 aromatic heterocycles. The summed E-state index contributed by atoms with van der Waals surface area (Å²) < 4.78 is 5.52. The predicted molar refractivity (Wildman–Crippen MR) is 74.6 cm³/mol. The van der Waals surface area contributed by atoms with Crippen LogP contribution in [0.3, 0.4) is 0 Å². The molecule has 94 valence electrons. The highest BCUT2D eigenvalue weighted by Crippen LogP contribution is 2.27. The zero-order valence-electron chi connectivity index (χ0n) is 10.6. The fourth-order valence-corrected chi connectivity index (χ4v) is 2.92. The number of hydrogen-bond donors (Lipinski definition) is 0. The molecule has 0 spiro atoms. The van der Waals surface area contributed by atoms with Gasteiger partial charge in [-0.1, -0.05) is 12.1 Å². The molecule has 2 aromatic rings. The van der Waals surface area contributed by atoms with Crippen LogP contribution in [0.1, 0.15) is 16.0 Å². The average Bonchev–Trinajstić information content (AvgIpc) is 2.96. The van der Waals surface area contributed by atoms with E-state index in [0.717, 1.165) is 30.5 Å². The second-order valence-corrected chi connectivity index (χ2v) is 5.86. The van der Waals surface area contributed by atoms with Crippen molar-refractivity contribution < 1.29 is 4.74 Å². The number of rotatable bonds is 3. The normalized spacial score (nSPS) is 13.2. The number of benzene rings is 1. The van der Waals surface area contributed by atoms with Crippen LogP contribution in [0.15, 0.2) is 24.4 Å². The maximum absolute atomic E-state index is 5.52. The summed E-state index contributed by atoms with van der Waals surface area (Å²) in [5.41, 5.74) is 2.64. The number of hydrogen-bond acceptors (Lipinski definition) is 4. The highest BCUT2D eigenvalue weighted by Gasteiger charge is 2.13. The van der Waals surface area contributed by atoms with Crippen LogP contribution in [0.5, 0.6) is 5.75 Å². The molecule has 1 aromatic carbocycles. The van der Waals surface area contributed by atoms with Crippen LogP contribution < -0.4 is 9.64 Å². The lowest BCUT2D eigenvalue weighted by Crippen LogP contribution is -2.15. The van der Waals surface area contributed by atoms with Crippen molar-refractivity contribution in [2.24, 2.45) is 0 Å². The minimum Gasteiger partial charge on any atom is -0.493 e. The second-order valence-electron chi connectivity index (χ2n) is 4.65. The third-order valence-corrected chi connectivity index (χ3v) is 4.14. The van der Waals surface area contributed by atoms with E-state index in [-0.39, 0.29) is 0 Å². The van der Waals surface area contributed by atoms with E-state index in [1.807, 2.05) is 6.20 Å². The van der Waals surface area contributed by atoms with Gasteiger partial charge < -0.3 is 9.64 Å². The molecule has 0 radical (unpaired) electrons. The third-order valence-electron chi connectivity index (χ3n) is 3.11. The standard InChI is InChI=1S/C14H16N2OS/c1-10-8-15-14(18-10)16(2)9-11-3-4-13-12(7-11)5-6-17-13/h3-4,7-8H,5-6,9H2,1-2H3. The Morgan fingerprint density at radius 1 is 1.44 bits per heavy atom. The van der Waals surface area contributed by atoms with Gasteiger partial charge in [0.15, 0.2) is 5.13 Å². The van der Waals surface area contributed by atoms with E-state index >= 15 is 0 Å². The van der Waals surface area contributed by atoms with Gasteiger partial charge in [0.2, 0.25) is 0 Å². The minimum absolute atomic E-state index is 0.820. The average molecular weight is 260 g/mol. The Morgan fingerprint density at radius 3 is 3.11 bits per heavy atom. The number of thiazole rings is 1. The van der Waals surface area contributed by atoms with Gasteiger partial charge in [-0.25, -0.2) is 4.98 Å². The first-order valence-electron chi connectivity index (χ1n) is 6.10. The maximum atomic E-state index is 5.52. The summed E-state index contributed by atoms with van der Waals surface area (Å²) in [6.07, 6.45) is 2.95. The van der Waals surface area contributed by atoms with Gasteiger partial charge in [0.25, 0.3) is 0 Å². The topological polar surface area (TPSA) is 25.4 Å². The lowest BCUT2D eigenvalue weighted by molar-refractivity contribution is 0.357. The molecule has 2 heterocycles. The second kappa shape index (κ2) is 4.61. The summed E-state index contributed by atoms with van der Waals surface area (Å²) in [5.74, 6) is 1.05. The van der Waals surface area contributed by atoms with Crippen LogP contribution >= 0.6 is 11.3 Å². The molecule has 0 bridgehead atoms. The molecule has 0 unspecified atom stereocenters. The van der Waals surface area contributed by atoms with E-state index < -0.39 is 0 Å². The number of fused-ring (bicyclic) bond motifs is 1. The Kier molecular flexibility index (Phi) is 2.96. The summed E-state index contributed by atoms with van der Waals surface area (Å²) in [7, 11) is 2.09. The van der Waals surface area contributed by atoms with Crippen LogP contribution in [0.4, 0.5) is 5.13 Å². The van der Waals surface area contributed by atoms with E-state index in [0.29, 0.717) is 0 Å². The Labute approximate surface area is 111 Å². The molecule has 0 aliphatic carbocycles. The fourth-order valence-electron chi connectivity index (χ4n) is 2.20. The lowest BCUT2D eigenvalue weighted by atomic mass is 10.1. The molecular weight excluding hydrogens is 244 g/mol. The van der Waals surface area contributed by atoms with Gasteiger partial charge in [-0.05, 0) is 24.1 Å². The van der Waals surface area contributed by atoms with Crippen molar-refractivity contribution in [3.05, 3.63) is 40.4 Å². The molecule has 0 atom stereocenters. The van der Waals surface area contributed by atoms with Crippen molar-refractivity contribution in [1.29, 1.82) is 0 Å². The molecule has 3 nitrogen and oxygen atoms in total. The zero-order valence-corrected chi connectivity index (χ0v) is 11.5. The number of aromatic nitrogens is 1. The maximum Gasteiger partial charge on any atom is 0.185 e. The van der Waals surface area contributed by atoms with Gasteiger partial charge in [-0.15, -0.1) is 11.3 Å². The zero-order chi connectivity index (χ0) is 12.5. The van der Waals surface area contributed by atoms with Crippen LogP contribution in [-0.4, -0.2) is 18.6 Å². The lowest BCUT2D eigenvalue weighted by Gasteiger charge is -2.16. The number of nitrogens with zero attached hydrogens (tertiary/aromatic N) is 2. The smallest absolute Gasteiger partial charge is 0.185 e. The predicted octanol–water partition coefficient (Wildman–Crippen LogP) is 3.02. The van der Waals surface area contributed by atoms with Crippen LogP contribution in [-0.2, 0) is 13.0 Å². The van der Waals surface area contributed by atoms with E-state index in [1.165, 1.54) is 16.0 Å². The summed E-state index contributed by atoms with van der Waals surface area (Å²) in [5, 5.41) is 1.07. The molecule has 0 saturated heterocycles. The molecule has 3 rings (SSSR count). The van der Waals surface area contributed by atoms with Crippen molar-refractivity contribution >= 4 is 16.5 Å². The summed E-state index contributed by atoms with van der Waals surface area (Å²) in [6, 6.07) is 6.47. The third kappa shape index (κ3) is 2.20. The van der Waals surface area contributed by atoms with Crippen LogP contribution in [0.2, 0.25) is 0 Å². The van der Waals surface area contributed by atoms with Crippen LogP contribution in [0, 0.1) is 6.92 Å². The summed E-state index contributed by atoms with van der Waals surface area (Å²) >= 11 is 1.73. The monoisotopic (exact) mass is 260 g/mol. The van der Waals surface area contributed by atoms with Gasteiger partial charge in [0.05, 0.1) is 6.61 Å². The summed E-state index contributed by atoms with van der Waals surface area (Å²) in [4.78, 5) is 7.84. The SMILES string of the molecule is Cc1cnc(N(C)Cc2ccc3c(c2)CCO3)s1. The Bertz CT molecular complexity index is 565. The molecule has 4 heteroatoms. The molecule has 18 heavy (non-hydrogen) atoms. The molecule has 1 aliphatic rings. The van der Waals surface area contributed by atoms with Crippen molar-refractivity contribution in [2.45, 2.75) is 19.9 Å². The minimum atomic E-state index is 0.820. The van der Waals surface area contributed by atoms with Crippen molar-refractivity contribution in [3.63, 3.8) is 0 Å². The summed E-state index contributed by atoms with van der Waals surface area (Å²) in [6.45, 7) is 3.79. The van der Waals surface area contributed by atoms with E-state index in [9.17, 15) is 0 Å². The van der Waals surface area contributed by atoms with Gasteiger partial charge in [-0.2, -0.15) is 0 Å². The molecule has 0 fully saturated rings. The van der Waals surface area contributed by atoms with Crippen molar-refractivity contribution in [3.8, 4) is 5.75 Å². The molecule has 0 amide bonds. The van der Waals surface area contributed by atoms with Crippen LogP contribution in [0.25, 0.3) is 0 Å². The molecule has 0 N–H and O–H groups in total. The van der Waals surface area contributed by atoms with Gasteiger partial charge in [-0.3, -0.25) is 0 Å². The van der Waals surface area contributed by atoms with Crippen molar-refractivity contribution in [2.75, 3.05) is 18.6 Å². The van der Waals surface area contributed by atoms with E-state index in [1.54, 1.807) is 11.3 Å². The van der Waals surface area contributed by atoms with Gasteiger partial charge in [0.1, 0.15) is 5.75 Å². The Morgan fingerprint density at radius 2 is 2.33 bits per heavy atom. The first kappa shape index (κ1) is 11.5. The first-order valence-corrected chi connectivity index (χ1v) is 6.92. The highest BCUT2D eigenvalue weighted by atomic mass is 32.1. The van der Waals surface area contributed by atoms with E-state index in [2.05, 4.69) is 42.1 Å². The number of aryl methyl sites for hydroxylation is 1. The van der Waals surface area contributed by atoms with Gasteiger partial charge >= 0.3 is 0 Å². The highest BCUT2D eigenvalue weighted by molar-refractivity contribution is 7.15. The molecule has 0 saturated carbocycles. The Balaban J connectivity index is 1.76. The molecular formula is C14H16N2OS. The van der Waals surface area contributed by atoms with Gasteiger partial charge in [0, 0.05) is 31.1 Å². The van der Waals surface area contributed by atoms with Crippen molar-refractivity contribution in [1.82, 2.24) is 4.98 Å². The largest absolute Gasteiger partial charge is 0.493 e. The molecule has 1 aliphatic heterocycles. The number of anilines is 1. The first-order chi connectivity index (χ1) is 8.72.